The van der Waals surface area contributed by atoms with Gasteiger partial charge in [-0.1, -0.05) is 28.1 Å². The molecule has 0 aliphatic carbocycles. The second-order valence-electron chi connectivity index (χ2n) is 4.05. The molecular weight excluding hydrogens is 308 g/mol. The predicted molar refractivity (Wildman–Crippen MR) is 77.4 cm³/mol. The van der Waals surface area contributed by atoms with Crippen molar-refractivity contribution in [3.05, 3.63) is 58.1 Å². The smallest absolute Gasteiger partial charge is 0.125 e. The molecule has 2 rings (SSSR count). The van der Waals surface area contributed by atoms with E-state index in [0.29, 0.717) is 12.4 Å². The van der Waals surface area contributed by atoms with Gasteiger partial charge >= 0.3 is 0 Å². The van der Waals surface area contributed by atoms with E-state index >= 15 is 0 Å². The van der Waals surface area contributed by atoms with Gasteiger partial charge in [-0.15, -0.1) is 0 Å². The van der Waals surface area contributed by atoms with Gasteiger partial charge in [0.1, 0.15) is 18.1 Å². The molecule has 0 unspecified atom stereocenters. The number of methoxy groups -OCH3 is 1. The Balaban J connectivity index is 2.09. The zero-order valence-corrected chi connectivity index (χ0v) is 12.2. The van der Waals surface area contributed by atoms with Gasteiger partial charge in [-0.25, -0.2) is 0 Å². The van der Waals surface area contributed by atoms with Crippen molar-refractivity contribution in [1.29, 1.82) is 0 Å². The number of halogens is 1. The molecule has 0 atom stereocenters. The van der Waals surface area contributed by atoms with E-state index in [-0.39, 0.29) is 6.61 Å². The van der Waals surface area contributed by atoms with Crippen LogP contribution in [0.5, 0.6) is 11.5 Å². The number of aliphatic hydroxyl groups excluding tert-OH is 1. The van der Waals surface area contributed by atoms with Gasteiger partial charge in [-0.3, -0.25) is 0 Å². The summed E-state index contributed by atoms with van der Waals surface area (Å²) in [5.74, 6) is 1.49. The lowest BCUT2D eigenvalue weighted by Crippen LogP contribution is -1.99. The van der Waals surface area contributed by atoms with Crippen molar-refractivity contribution in [2.45, 2.75) is 13.2 Å². The molecule has 0 aliphatic rings. The molecule has 100 valence electrons. The van der Waals surface area contributed by atoms with Gasteiger partial charge in [-0.05, 0) is 35.9 Å². The number of benzene rings is 2. The molecule has 0 aromatic heterocycles. The van der Waals surface area contributed by atoms with Crippen LogP contribution in [0, 0.1) is 0 Å². The number of hydrogen-bond acceptors (Lipinski definition) is 3. The SMILES string of the molecule is COc1cccc(COc2ccc(Br)cc2CO)c1. The molecule has 4 heteroatoms. The van der Waals surface area contributed by atoms with E-state index in [0.717, 1.165) is 21.3 Å². The van der Waals surface area contributed by atoms with Crippen LogP contribution in [0.4, 0.5) is 0 Å². The fraction of sp³-hybridized carbons (Fsp3) is 0.200. The van der Waals surface area contributed by atoms with Crippen molar-refractivity contribution in [2.75, 3.05) is 7.11 Å². The standard InChI is InChI=1S/C15H15BrO3/c1-18-14-4-2-3-11(7-14)10-19-15-6-5-13(16)8-12(15)9-17/h2-8,17H,9-10H2,1H3. The Kier molecular flexibility index (Phi) is 4.82. The molecule has 0 heterocycles. The summed E-state index contributed by atoms with van der Waals surface area (Å²) < 4.78 is 11.8. The third-order valence-electron chi connectivity index (χ3n) is 2.72. The Bertz CT molecular complexity index is 555. The summed E-state index contributed by atoms with van der Waals surface area (Å²) in [7, 11) is 1.64. The molecule has 3 nitrogen and oxygen atoms in total. The predicted octanol–water partition coefficient (Wildman–Crippen LogP) is 3.53. The van der Waals surface area contributed by atoms with Crippen LogP contribution in [-0.4, -0.2) is 12.2 Å². The summed E-state index contributed by atoms with van der Waals surface area (Å²) >= 11 is 3.37. The van der Waals surface area contributed by atoms with E-state index in [9.17, 15) is 5.11 Å². The van der Waals surface area contributed by atoms with Crippen molar-refractivity contribution in [2.24, 2.45) is 0 Å². The largest absolute Gasteiger partial charge is 0.497 e. The van der Waals surface area contributed by atoms with Gasteiger partial charge in [0.15, 0.2) is 0 Å². The Hall–Kier alpha value is -1.52. The van der Waals surface area contributed by atoms with Crippen LogP contribution >= 0.6 is 15.9 Å². The fourth-order valence-electron chi connectivity index (χ4n) is 1.74. The monoisotopic (exact) mass is 322 g/mol. The summed E-state index contributed by atoms with van der Waals surface area (Å²) in [6, 6.07) is 13.3. The first-order valence-electron chi connectivity index (χ1n) is 5.88. The number of aliphatic hydroxyl groups is 1. The normalized spacial score (nSPS) is 10.3. The van der Waals surface area contributed by atoms with Crippen molar-refractivity contribution < 1.29 is 14.6 Å². The molecule has 0 saturated heterocycles. The lowest BCUT2D eigenvalue weighted by atomic mass is 10.2. The molecule has 0 aliphatic heterocycles. The summed E-state index contributed by atoms with van der Waals surface area (Å²) in [4.78, 5) is 0. The van der Waals surface area contributed by atoms with E-state index < -0.39 is 0 Å². The van der Waals surface area contributed by atoms with Gasteiger partial charge in [0.05, 0.1) is 13.7 Å². The fourth-order valence-corrected chi connectivity index (χ4v) is 2.14. The molecule has 0 bridgehead atoms. The molecule has 2 aromatic rings. The molecule has 2 aromatic carbocycles. The van der Waals surface area contributed by atoms with E-state index in [2.05, 4.69) is 15.9 Å². The van der Waals surface area contributed by atoms with Gasteiger partial charge < -0.3 is 14.6 Å². The van der Waals surface area contributed by atoms with Crippen molar-refractivity contribution in [3.8, 4) is 11.5 Å². The molecule has 19 heavy (non-hydrogen) atoms. The maximum absolute atomic E-state index is 9.30. The average molecular weight is 323 g/mol. The first kappa shape index (κ1) is 13.9. The molecule has 0 fully saturated rings. The molecule has 0 radical (unpaired) electrons. The van der Waals surface area contributed by atoms with Gasteiger partial charge in [-0.2, -0.15) is 0 Å². The summed E-state index contributed by atoms with van der Waals surface area (Å²) in [5.41, 5.74) is 1.78. The molecular formula is C15H15BrO3. The lowest BCUT2D eigenvalue weighted by Gasteiger charge is -2.11. The number of ether oxygens (including phenoxy) is 2. The highest BCUT2D eigenvalue weighted by Gasteiger charge is 2.04. The first-order valence-corrected chi connectivity index (χ1v) is 6.67. The van der Waals surface area contributed by atoms with Gasteiger partial charge in [0.2, 0.25) is 0 Å². The van der Waals surface area contributed by atoms with Crippen LogP contribution in [0.15, 0.2) is 46.9 Å². The van der Waals surface area contributed by atoms with Crippen LogP contribution in [0.2, 0.25) is 0 Å². The summed E-state index contributed by atoms with van der Waals surface area (Å²) in [6.07, 6.45) is 0. The minimum absolute atomic E-state index is 0.0487. The minimum Gasteiger partial charge on any atom is -0.497 e. The average Bonchev–Trinajstić information content (AvgIpc) is 2.46. The van der Waals surface area contributed by atoms with E-state index in [1.54, 1.807) is 7.11 Å². The second kappa shape index (κ2) is 6.59. The van der Waals surface area contributed by atoms with Crippen LogP contribution < -0.4 is 9.47 Å². The second-order valence-corrected chi connectivity index (χ2v) is 4.97. The molecule has 1 N–H and O–H groups in total. The first-order chi connectivity index (χ1) is 9.22. The Morgan fingerprint density at radius 1 is 1.16 bits per heavy atom. The van der Waals surface area contributed by atoms with Gasteiger partial charge in [0.25, 0.3) is 0 Å². The summed E-state index contributed by atoms with van der Waals surface area (Å²) in [6.45, 7) is 0.388. The molecule has 0 spiro atoms. The van der Waals surface area contributed by atoms with Crippen LogP contribution in [0.3, 0.4) is 0 Å². The quantitative estimate of drug-likeness (QED) is 0.915. The number of hydrogen-bond donors (Lipinski definition) is 1. The van der Waals surface area contributed by atoms with E-state index in [1.165, 1.54) is 0 Å². The zero-order valence-electron chi connectivity index (χ0n) is 10.6. The minimum atomic E-state index is -0.0487. The highest BCUT2D eigenvalue weighted by Crippen LogP contribution is 2.24. The topological polar surface area (TPSA) is 38.7 Å². The maximum Gasteiger partial charge on any atom is 0.125 e. The third kappa shape index (κ3) is 3.72. The third-order valence-corrected chi connectivity index (χ3v) is 3.21. The zero-order chi connectivity index (χ0) is 13.7. The highest BCUT2D eigenvalue weighted by molar-refractivity contribution is 9.10. The van der Waals surface area contributed by atoms with Gasteiger partial charge in [0, 0.05) is 10.0 Å². The van der Waals surface area contributed by atoms with E-state index in [1.807, 2.05) is 42.5 Å². The van der Waals surface area contributed by atoms with Crippen LogP contribution in [-0.2, 0) is 13.2 Å². The highest BCUT2D eigenvalue weighted by atomic mass is 79.9. The summed E-state index contributed by atoms with van der Waals surface area (Å²) in [5, 5.41) is 9.30. The lowest BCUT2D eigenvalue weighted by molar-refractivity contribution is 0.258. The van der Waals surface area contributed by atoms with Crippen molar-refractivity contribution in [1.82, 2.24) is 0 Å². The van der Waals surface area contributed by atoms with Crippen LogP contribution in [0.25, 0.3) is 0 Å². The maximum atomic E-state index is 9.30. The Morgan fingerprint density at radius 2 is 2.00 bits per heavy atom. The molecule has 0 saturated carbocycles. The van der Waals surface area contributed by atoms with E-state index in [4.69, 9.17) is 9.47 Å². The number of rotatable bonds is 5. The van der Waals surface area contributed by atoms with Crippen molar-refractivity contribution >= 4 is 15.9 Å². The molecule has 0 amide bonds. The Labute approximate surface area is 120 Å². The van der Waals surface area contributed by atoms with Crippen molar-refractivity contribution in [3.63, 3.8) is 0 Å². The van der Waals surface area contributed by atoms with Crippen LogP contribution in [0.1, 0.15) is 11.1 Å². The Morgan fingerprint density at radius 3 is 2.74 bits per heavy atom.